The van der Waals surface area contributed by atoms with Gasteiger partial charge in [0, 0.05) is 25.6 Å². The number of hydrogen-bond acceptors (Lipinski definition) is 2. The van der Waals surface area contributed by atoms with Gasteiger partial charge in [0.2, 0.25) is 5.91 Å². The molecule has 0 unspecified atom stereocenters. The quantitative estimate of drug-likeness (QED) is 0.680. The molecule has 1 aliphatic carbocycles. The lowest BCUT2D eigenvalue weighted by atomic mass is 9.75. The Labute approximate surface area is 87.1 Å². The molecule has 14 heavy (non-hydrogen) atoms. The normalized spacial score (nSPS) is 19.2. The van der Waals surface area contributed by atoms with Crippen molar-refractivity contribution >= 4 is 5.91 Å². The average Bonchev–Trinajstić information content (AvgIpc) is 2.08. The molecule has 1 fully saturated rings. The second-order valence-corrected chi connectivity index (χ2v) is 4.58. The van der Waals surface area contributed by atoms with Gasteiger partial charge in [-0.05, 0) is 33.4 Å². The first-order chi connectivity index (χ1) is 6.52. The van der Waals surface area contributed by atoms with Gasteiger partial charge < -0.3 is 9.80 Å². The number of hydrogen-bond donors (Lipinski definition) is 0. The Morgan fingerprint density at radius 2 is 1.86 bits per heavy atom. The summed E-state index contributed by atoms with van der Waals surface area (Å²) in [5.74, 6) is 0.248. The van der Waals surface area contributed by atoms with Gasteiger partial charge >= 0.3 is 0 Å². The summed E-state index contributed by atoms with van der Waals surface area (Å²) in [5.41, 5.74) is 0.263. The van der Waals surface area contributed by atoms with Crippen molar-refractivity contribution in [3.8, 4) is 0 Å². The molecule has 0 aromatic carbocycles. The maximum atomic E-state index is 11.5. The highest BCUT2D eigenvalue weighted by Gasteiger charge is 2.40. The molecule has 3 heteroatoms. The van der Waals surface area contributed by atoms with E-state index in [0.717, 1.165) is 6.54 Å². The molecule has 0 heterocycles. The van der Waals surface area contributed by atoms with Crippen LogP contribution in [0, 0.1) is 0 Å². The van der Waals surface area contributed by atoms with Gasteiger partial charge in [-0.15, -0.1) is 0 Å². The Morgan fingerprint density at radius 1 is 1.29 bits per heavy atom. The predicted molar refractivity (Wildman–Crippen MR) is 58.2 cm³/mol. The Kier molecular flexibility index (Phi) is 3.53. The van der Waals surface area contributed by atoms with E-state index in [2.05, 4.69) is 19.0 Å². The second-order valence-electron chi connectivity index (χ2n) is 4.58. The molecule has 1 aliphatic rings. The highest BCUT2D eigenvalue weighted by Crippen LogP contribution is 2.36. The van der Waals surface area contributed by atoms with Gasteiger partial charge in [0.15, 0.2) is 0 Å². The van der Waals surface area contributed by atoms with Gasteiger partial charge in [-0.3, -0.25) is 4.79 Å². The van der Waals surface area contributed by atoms with Crippen molar-refractivity contribution in [3.05, 3.63) is 0 Å². The molecule has 0 aromatic rings. The van der Waals surface area contributed by atoms with E-state index in [-0.39, 0.29) is 11.4 Å². The van der Waals surface area contributed by atoms with E-state index >= 15 is 0 Å². The van der Waals surface area contributed by atoms with Crippen LogP contribution >= 0.6 is 0 Å². The van der Waals surface area contributed by atoms with Gasteiger partial charge in [0.05, 0.1) is 0 Å². The Balaban J connectivity index is 2.52. The molecule has 0 saturated heterocycles. The smallest absolute Gasteiger partial charge is 0.222 e. The molecule has 0 atom stereocenters. The van der Waals surface area contributed by atoms with E-state index in [1.807, 2.05) is 18.9 Å². The summed E-state index contributed by atoms with van der Waals surface area (Å²) in [5, 5.41) is 0. The number of nitrogens with zero attached hydrogens (tertiary/aromatic N) is 2. The Bertz CT molecular complexity index is 209. The monoisotopic (exact) mass is 198 g/mol. The van der Waals surface area contributed by atoms with Crippen molar-refractivity contribution in [1.82, 2.24) is 9.80 Å². The molecule has 1 amide bonds. The zero-order valence-electron chi connectivity index (χ0n) is 9.84. The second kappa shape index (κ2) is 4.30. The zero-order valence-corrected chi connectivity index (χ0v) is 9.84. The third-order valence-corrected chi connectivity index (χ3v) is 3.49. The molecule has 0 bridgehead atoms. The van der Waals surface area contributed by atoms with Crippen molar-refractivity contribution in [3.63, 3.8) is 0 Å². The van der Waals surface area contributed by atoms with E-state index in [9.17, 15) is 4.79 Å². The summed E-state index contributed by atoms with van der Waals surface area (Å²) < 4.78 is 0. The van der Waals surface area contributed by atoms with Crippen LogP contribution in [0.1, 0.15) is 32.6 Å². The molecular weight excluding hydrogens is 176 g/mol. The van der Waals surface area contributed by atoms with Gasteiger partial charge in [0.25, 0.3) is 0 Å². The summed E-state index contributed by atoms with van der Waals surface area (Å²) in [7, 11) is 6.14. The van der Waals surface area contributed by atoms with Crippen LogP contribution < -0.4 is 0 Å². The molecule has 0 aromatic heterocycles. The molecule has 0 spiro atoms. The SMILES string of the molecule is CCC(=O)N(C)CC1(N(C)C)CCC1. The molecule has 1 saturated carbocycles. The van der Waals surface area contributed by atoms with Crippen molar-refractivity contribution in [2.24, 2.45) is 0 Å². The minimum absolute atomic E-state index is 0.248. The summed E-state index contributed by atoms with van der Waals surface area (Å²) >= 11 is 0. The van der Waals surface area contributed by atoms with Crippen LogP contribution in [0.4, 0.5) is 0 Å². The lowest BCUT2D eigenvalue weighted by molar-refractivity contribution is -0.132. The van der Waals surface area contributed by atoms with Crippen LogP contribution in [0.2, 0.25) is 0 Å². The van der Waals surface area contributed by atoms with Crippen molar-refractivity contribution in [2.75, 3.05) is 27.7 Å². The van der Waals surface area contributed by atoms with Crippen LogP contribution in [0.15, 0.2) is 0 Å². The number of amides is 1. The van der Waals surface area contributed by atoms with Gasteiger partial charge in [-0.1, -0.05) is 6.92 Å². The van der Waals surface area contributed by atoms with Crippen LogP contribution in [0.25, 0.3) is 0 Å². The third-order valence-electron chi connectivity index (χ3n) is 3.49. The number of carbonyl (C=O) groups excluding carboxylic acids is 1. The van der Waals surface area contributed by atoms with Crippen LogP contribution in [0.5, 0.6) is 0 Å². The molecule has 0 aliphatic heterocycles. The number of rotatable bonds is 4. The van der Waals surface area contributed by atoms with Crippen molar-refractivity contribution < 1.29 is 4.79 Å². The minimum Gasteiger partial charge on any atom is -0.344 e. The van der Waals surface area contributed by atoms with E-state index in [1.54, 1.807) is 0 Å². The first kappa shape index (κ1) is 11.5. The summed E-state index contributed by atoms with van der Waals surface area (Å²) in [6.45, 7) is 2.80. The first-order valence-electron chi connectivity index (χ1n) is 5.43. The van der Waals surface area contributed by atoms with Crippen molar-refractivity contribution in [2.45, 2.75) is 38.1 Å². The summed E-state index contributed by atoms with van der Waals surface area (Å²) in [6, 6.07) is 0. The molecule has 1 rings (SSSR count). The zero-order chi connectivity index (χ0) is 10.8. The Morgan fingerprint density at radius 3 is 2.14 bits per heavy atom. The topological polar surface area (TPSA) is 23.6 Å². The fraction of sp³-hybridized carbons (Fsp3) is 0.909. The van der Waals surface area contributed by atoms with E-state index < -0.39 is 0 Å². The molecule has 82 valence electrons. The fourth-order valence-corrected chi connectivity index (χ4v) is 2.13. The standard InChI is InChI=1S/C11H22N2O/c1-5-10(14)13(4)9-11(12(2)3)7-6-8-11/h5-9H2,1-4H3. The highest BCUT2D eigenvalue weighted by molar-refractivity contribution is 5.75. The number of carbonyl (C=O) groups is 1. The molecule has 0 radical (unpaired) electrons. The maximum absolute atomic E-state index is 11.5. The third kappa shape index (κ3) is 2.08. The molecule has 0 N–H and O–H groups in total. The Hall–Kier alpha value is -0.570. The summed E-state index contributed by atoms with van der Waals surface area (Å²) in [4.78, 5) is 15.6. The van der Waals surface area contributed by atoms with Gasteiger partial charge in [-0.25, -0.2) is 0 Å². The van der Waals surface area contributed by atoms with E-state index in [0.29, 0.717) is 6.42 Å². The van der Waals surface area contributed by atoms with Crippen molar-refractivity contribution in [1.29, 1.82) is 0 Å². The average molecular weight is 198 g/mol. The molecular formula is C11H22N2O. The van der Waals surface area contributed by atoms with Gasteiger partial charge in [-0.2, -0.15) is 0 Å². The number of likely N-dealkylation sites (N-methyl/N-ethyl adjacent to an activating group) is 2. The molecule has 3 nitrogen and oxygen atoms in total. The van der Waals surface area contributed by atoms with Crippen LogP contribution in [-0.2, 0) is 4.79 Å². The minimum atomic E-state index is 0.248. The lowest BCUT2D eigenvalue weighted by Gasteiger charge is -2.49. The van der Waals surface area contributed by atoms with E-state index in [4.69, 9.17) is 0 Å². The maximum Gasteiger partial charge on any atom is 0.222 e. The lowest BCUT2D eigenvalue weighted by Crippen LogP contribution is -2.57. The van der Waals surface area contributed by atoms with E-state index in [1.165, 1.54) is 19.3 Å². The predicted octanol–water partition coefficient (Wildman–Crippen LogP) is 1.34. The highest BCUT2D eigenvalue weighted by atomic mass is 16.2. The largest absolute Gasteiger partial charge is 0.344 e. The van der Waals surface area contributed by atoms with Gasteiger partial charge in [0.1, 0.15) is 0 Å². The summed E-state index contributed by atoms with van der Waals surface area (Å²) in [6.07, 6.45) is 4.36. The fourth-order valence-electron chi connectivity index (χ4n) is 2.13. The van der Waals surface area contributed by atoms with Crippen LogP contribution in [0.3, 0.4) is 0 Å². The van der Waals surface area contributed by atoms with Crippen LogP contribution in [-0.4, -0.2) is 48.9 Å². The first-order valence-corrected chi connectivity index (χ1v) is 5.43.